The van der Waals surface area contributed by atoms with Gasteiger partial charge in [-0.1, -0.05) is 0 Å². The van der Waals surface area contributed by atoms with E-state index in [2.05, 4.69) is 9.98 Å². The van der Waals surface area contributed by atoms with E-state index in [1.54, 1.807) is 0 Å². The van der Waals surface area contributed by atoms with Crippen molar-refractivity contribution in [1.29, 1.82) is 5.41 Å². The molecule has 4 aromatic carbocycles. The molecule has 2 aliphatic heterocycles. The van der Waals surface area contributed by atoms with Crippen molar-refractivity contribution in [2.75, 3.05) is 0 Å². The molecular formula is C32H14BF11N6O. The number of hydrogen-bond acceptors (Lipinski definition) is 4. The lowest BCUT2D eigenvalue weighted by Crippen LogP contribution is -2.49. The summed E-state index contributed by atoms with van der Waals surface area (Å²) in [6, 6.07) is 4.29. The van der Waals surface area contributed by atoms with Gasteiger partial charge in [-0.3, -0.25) is 5.41 Å². The average Bonchev–Trinajstić information content (AvgIpc) is 3.52. The molecule has 3 heterocycles. The van der Waals surface area contributed by atoms with Gasteiger partial charge in [-0.05, 0) is 54.9 Å². The van der Waals surface area contributed by atoms with Crippen molar-refractivity contribution in [2.45, 2.75) is 6.92 Å². The summed E-state index contributed by atoms with van der Waals surface area (Å²) in [5.41, 5.74) is 5.77. The summed E-state index contributed by atoms with van der Waals surface area (Å²) in [4.78, 5) is 9.68. The highest BCUT2D eigenvalue weighted by atomic mass is 19.2. The topological polar surface area (TPSA) is 92.0 Å². The molecule has 3 N–H and O–H groups in total. The molecule has 0 amide bonds. The molecule has 0 aliphatic carbocycles. The van der Waals surface area contributed by atoms with Crippen LogP contribution in [0.5, 0.6) is 5.75 Å². The molecule has 0 saturated carbocycles. The fourth-order valence-corrected chi connectivity index (χ4v) is 5.77. The van der Waals surface area contributed by atoms with E-state index in [0.29, 0.717) is 36.6 Å². The molecule has 7 rings (SSSR count). The van der Waals surface area contributed by atoms with Crippen LogP contribution >= 0.6 is 0 Å². The first kappa shape index (κ1) is 33.4. The molecule has 2 aliphatic rings. The van der Waals surface area contributed by atoms with Gasteiger partial charge in [0.05, 0.1) is 6.26 Å². The Labute approximate surface area is 278 Å². The summed E-state index contributed by atoms with van der Waals surface area (Å²) in [5.74, 6) is -22.7. The zero-order valence-corrected chi connectivity index (χ0v) is 25.1. The number of aromatic nitrogens is 1. The fraction of sp³-hybridized carbons (Fsp3) is 0.0312. The van der Waals surface area contributed by atoms with Crippen molar-refractivity contribution < 1.29 is 53.0 Å². The molecule has 258 valence electrons. The third-order valence-electron chi connectivity index (χ3n) is 8.14. The SMILES string of the molecule is Cc1cc(F)c(F)cc1C(N)=Nc1c2cc(F)c(F)cc2c2n1B(C=COc1c(F)c(F)c(F)c(F)c1F)N1C(=N)c3cc(F)c(F)cc3C1=N2. The number of nitrogens with two attached hydrogens (primary N) is 1. The Hall–Kier alpha value is -6.14. The first-order valence-electron chi connectivity index (χ1n) is 14.2. The lowest BCUT2D eigenvalue weighted by Gasteiger charge is -2.30. The average molecular weight is 718 g/mol. The highest BCUT2D eigenvalue weighted by molar-refractivity contribution is 6.70. The van der Waals surface area contributed by atoms with Gasteiger partial charge < -0.3 is 19.8 Å². The molecular weight excluding hydrogens is 704 g/mol. The maximum atomic E-state index is 14.7. The highest BCUT2D eigenvalue weighted by Gasteiger charge is 2.45. The Morgan fingerprint density at radius 1 is 0.745 bits per heavy atom. The van der Waals surface area contributed by atoms with Crippen molar-refractivity contribution >= 4 is 46.9 Å². The van der Waals surface area contributed by atoms with Crippen LogP contribution < -0.4 is 10.5 Å². The van der Waals surface area contributed by atoms with Gasteiger partial charge in [0.15, 0.2) is 34.9 Å². The van der Waals surface area contributed by atoms with Crippen molar-refractivity contribution in [3.8, 4) is 5.75 Å². The van der Waals surface area contributed by atoms with Crippen LogP contribution in [0.1, 0.15) is 22.3 Å². The van der Waals surface area contributed by atoms with Crippen LogP contribution in [0.3, 0.4) is 0 Å². The number of ether oxygens (including phenoxy) is 1. The zero-order valence-electron chi connectivity index (χ0n) is 25.1. The van der Waals surface area contributed by atoms with Gasteiger partial charge in [0.2, 0.25) is 34.8 Å². The van der Waals surface area contributed by atoms with Crippen molar-refractivity contribution in [2.24, 2.45) is 15.7 Å². The number of nitrogens with zero attached hydrogens (tertiary/aromatic N) is 4. The van der Waals surface area contributed by atoms with Gasteiger partial charge in [0.25, 0.3) is 0 Å². The van der Waals surface area contributed by atoms with Gasteiger partial charge >= 0.3 is 6.98 Å². The van der Waals surface area contributed by atoms with Crippen LogP contribution in [0, 0.1) is 76.3 Å². The predicted molar refractivity (Wildman–Crippen MR) is 162 cm³/mol. The molecule has 0 unspecified atom stereocenters. The van der Waals surface area contributed by atoms with Crippen LogP contribution in [0.15, 0.2) is 58.6 Å². The van der Waals surface area contributed by atoms with E-state index in [1.807, 2.05) is 0 Å². The van der Waals surface area contributed by atoms with E-state index in [-0.39, 0.29) is 44.7 Å². The minimum atomic E-state index is -2.46. The number of halogens is 11. The second-order valence-corrected chi connectivity index (χ2v) is 11.1. The summed E-state index contributed by atoms with van der Waals surface area (Å²) in [6.45, 7) is -0.281. The maximum Gasteiger partial charge on any atom is 0.420 e. The first-order chi connectivity index (χ1) is 24.1. The fourth-order valence-electron chi connectivity index (χ4n) is 5.77. The summed E-state index contributed by atoms with van der Waals surface area (Å²) >= 11 is 0. The Kier molecular flexibility index (Phi) is 7.68. The van der Waals surface area contributed by atoms with Crippen LogP contribution in [-0.4, -0.2) is 33.8 Å². The Morgan fingerprint density at radius 2 is 1.27 bits per heavy atom. The number of benzene rings is 4. The van der Waals surface area contributed by atoms with Gasteiger partial charge in [0.1, 0.15) is 29.1 Å². The smallest absolute Gasteiger partial charge is 0.420 e. The maximum absolute atomic E-state index is 14.7. The van der Waals surface area contributed by atoms with Gasteiger partial charge in [-0.2, -0.15) is 8.78 Å². The molecule has 0 spiro atoms. The van der Waals surface area contributed by atoms with E-state index >= 15 is 0 Å². The largest absolute Gasteiger partial charge is 0.460 e. The van der Waals surface area contributed by atoms with Crippen LogP contribution in [0.2, 0.25) is 0 Å². The molecule has 7 nitrogen and oxygen atoms in total. The molecule has 5 aromatic rings. The molecule has 0 fully saturated rings. The zero-order chi connectivity index (χ0) is 36.8. The Bertz CT molecular complexity index is 2470. The summed E-state index contributed by atoms with van der Waals surface area (Å²) in [6.07, 6.45) is 0.454. The van der Waals surface area contributed by atoms with Crippen molar-refractivity contribution in [1.82, 2.24) is 9.29 Å². The molecule has 0 radical (unpaired) electrons. The molecule has 0 atom stereocenters. The van der Waals surface area contributed by atoms with E-state index in [0.717, 1.165) is 21.3 Å². The van der Waals surface area contributed by atoms with Crippen molar-refractivity contribution in [3.05, 3.63) is 135 Å². The second-order valence-electron chi connectivity index (χ2n) is 11.1. The number of aliphatic imine (C=N–C) groups is 2. The standard InChI is InChI=1S/C32H14BF11N6O/c1-10-4-16(34)17(35)5-11(10)28(45)47-30-14-8-20(38)21(39)9-15(14)32-48-31-13-7-19(37)18(36)6-12(13)29(46)49(31)33(50(30)32)2-3-51-27-25(43)23(41)22(40)24(42)26(27)44/h2-9,46H,1H3,(H2,45,47). The minimum absolute atomic E-state index is 0.0934. The Morgan fingerprint density at radius 3 is 1.92 bits per heavy atom. The monoisotopic (exact) mass is 718 g/mol. The van der Waals surface area contributed by atoms with Crippen LogP contribution in [0.4, 0.5) is 59.9 Å². The molecule has 19 heteroatoms. The van der Waals surface area contributed by atoms with Gasteiger partial charge in [-0.15, -0.1) is 0 Å². The molecule has 51 heavy (non-hydrogen) atoms. The van der Waals surface area contributed by atoms with E-state index in [1.165, 1.54) is 6.92 Å². The third kappa shape index (κ3) is 5.01. The Balaban J connectivity index is 1.50. The molecule has 0 saturated heterocycles. The number of aryl methyl sites for hydroxylation is 1. The summed E-state index contributed by atoms with van der Waals surface area (Å²) in [5, 5.41) is 8.41. The van der Waals surface area contributed by atoms with Crippen LogP contribution in [0.25, 0.3) is 10.8 Å². The number of nitrogens with one attached hydrogen (secondary N) is 1. The predicted octanol–water partition coefficient (Wildman–Crippen LogP) is 7.72. The lowest BCUT2D eigenvalue weighted by atomic mass is 9.72. The van der Waals surface area contributed by atoms with Gasteiger partial charge in [-0.25, -0.2) is 49.5 Å². The highest BCUT2D eigenvalue weighted by Crippen LogP contribution is 2.44. The molecule has 1 aromatic heterocycles. The quantitative estimate of drug-likeness (QED) is 0.0371. The number of fused-ring (bicyclic) bond motifs is 6. The minimum Gasteiger partial charge on any atom is -0.460 e. The third-order valence-corrected chi connectivity index (χ3v) is 8.14. The normalized spacial score (nSPS) is 14.1. The number of amidine groups is 3. The van der Waals surface area contributed by atoms with Gasteiger partial charge in [0, 0.05) is 27.5 Å². The van der Waals surface area contributed by atoms with E-state index in [4.69, 9.17) is 15.9 Å². The van der Waals surface area contributed by atoms with Crippen molar-refractivity contribution in [3.63, 3.8) is 0 Å². The van der Waals surface area contributed by atoms with E-state index in [9.17, 15) is 48.3 Å². The lowest BCUT2D eigenvalue weighted by molar-refractivity contribution is 0.331. The van der Waals surface area contributed by atoms with Crippen LogP contribution in [-0.2, 0) is 0 Å². The first-order valence-corrected chi connectivity index (χ1v) is 14.2. The summed E-state index contributed by atoms with van der Waals surface area (Å²) in [7, 11) is 0. The molecule has 0 bridgehead atoms. The number of rotatable bonds is 5. The number of hydrogen-bond donors (Lipinski definition) is 2. The van der Waals surface area contributed by atoms with E-state index < -0.39 is 94.2 Å². The second kappa shape index (κ2) is 11.7. The summed E-state index contributed by atoms with van der Waals surface area (Å²) < 4.78 is 163.